The van der Waals surface area contributed by atoms with Crippen molar-refractivity contribution in [1.82, 2.24) is 0 Å². The average Bonchev–Trinajstić information content (AvgIpc) is 2.35. The second-order valence-electron chi connectivity index (χ2n) is 4.36. The number of rotatable bonds is 5. The lowest BCUT2D eigenvalue weighted by molar-refractivity contribution is 0.391. The number of nitriles is 1. The molecule has 0 radical (unpaired) electrons. The average molecular weight is 233 g/mol. The molecule has 1 rings (SSSR count). The molecule has 0 aliphatic carbocycles. The van der Waals surface area contributed by atoms with E-state index in [0.717, 1.165) is 17.1 Å². The quantitative estimate of drug-likeness (QED) is 0.785. The summed E-state index contributed by atoms with van der Waals surface area (Å²) in [6, 6.07) is 8.02. The van der Waals surface area contributed by atoms with E-state index in [9.17, 15) is 0 Å². The van der Waals surface area contributed by atoms with Gasteiger partial charge in [-0.3, -0.25) is 0 Å². The molecule has 0 aromatic heterocycles. The third-order valence-electron chi connectivity index (χ3n) is 2.90. The van der Waals surface area contributed by atoms with E-state index in [1.54, 1.807) is 14.2 Å². The molecule has 0 fully saturated rings. The van der Waals surface area contributed by atoms with Crippen molar-refractivity contribution in [2.45, 2.75) is 20.3 Å². The first-order valence-electron chi connectivity index (χ1n) is 5.72. The van der Waals surface area contributed by atoms with Crippen LogP contribution in [-0.2, 0) is 6.42 Å². The summed E-state index contributed by atoms with van der Waals surface area (Å²) in [5.41, 5.74) is 1.02. The zero-order valence-corrected chi connectivity index (χ0v) is 10.9. The number of hydrogen-bond donors (Lipinski definition) is 0. The fourth-order valence-electron chi connectivity index (χ4n) is 1.71. The molecule has 1 aromatic carbocycles. The summed E-state index contributed by atoms with van der Waals surface area (Å²) in [5.74, 6) is 1.93. The van der Waals surface area contributed by atoms with Crippen molar-refractivity contribution < 1.29 is 9.47 Å². The normalized spacial score (nSPS) is 12.0. The Balaban J connectivity index is 2.98. The van der Waals surface area contributed by atoms with Gasteiger partial charge in [-0.15, -0.1) is 0 Å². The smallest absolute Gasteiger partial charge is 0.122 e. The van der Waals surface area contributed by atoms with Gasteiger partial charge in [0.1, 0.15) is 11.5 Å². The highest BCUT2D eigenvalue weighted by Gasteiger charge is 2.16. The molecule has 1 aromatic rings. The van der Waals surface area contributed by atoms with Gasteiger partial charge in [0.05, 0.1) is 26.2 Å². The molecule has 0 saturated heterocycles. The lowest BCUT2D eigenvalue weighted by atomic mass is 9.90. The first kappa shape index (κ1) is 13.4. The molecule has 0 heterocycles. The summed E-state index contributed by atoms with van der Waals surface area (Å²) < 4.78 is 10.5. The van der Waals surface area contributed by atoms with E-state index < -0.39 is 0 Å². The number of nitrogens with zero attached hydrogens (tertiary/aromatic N) is 1. The molecule has 0 bridgehead atoms. The van der Waals surface area contributed by atoms with Crippen molar-refractivity contribution in [3.63, 3.8) is 0 Å². The molecule has 0 aliphatic heterocycles. The lowest BCUT2D eigenvalue weighted by Gasteiger charge is -2.16. The third kappa shape index (κ3) is 3.39. The second-order valence-corrected chi connectivity index (χ2v) is 4.36. The Bertz CT molecular complexity index is 407. The second kappa shape index (κ2) is 6.15. The van der Waals surface area contributed by atoms with Crippen molar-refractivity contribution in [2.75, 3.05) is 14.2 Å². The summed E-state index contributed by atoms with van der Waals surface area (Å²) in [6.45, 7) is 4.11. The standard InChI is InChI=1S/C14H19NO2/c1-10(2)12(9-15)7-11-8-13(16-3)5-6-14(11)17-4/h5-6,8,10,12H,7H2,1-4H3. The summed E-state index contributed by atoms with van der Waals surface area (Å²) in [5, 5.41) is 9.13. The van der Waals surface area contributed by atoms with Crippen molar-refractivity contribution in [3.8, 4) is 17.6 Å². The number of ether oxygens (including phenoxy) is 2. The third-order valence-corrected chi connectivity index (χ3v) is 2.90. The van der Waals surface area contributed by atoms with E-state index in [0.29, 0.717) is 12.3 Å². The summed E-state index contributed by atoms with van der Waals surface area (Å²) in [4.78, 5) is 0. The minimum Gasteiger partial charge on any atom is -0.497 e. The Kier molecular flexibility index (Phi) is 4.84. The Morgan fingerprint density at radius 3 is 2.41 bits per heavy atom. The summed E-state index contributed by atoms with van der Waals surface area (Å²) >= 11 is 0. The molecular weight excluding hydrogens is 214 g/mol. The summed E-state index contributed by atoms with van der Waals surface area (Å²) in [6.07, 6.45) is 0.689. The molecule has 17 heavy (non-hydrogen) atoms. The first-order chi connectivity index (χ1) is 8.12. The summed E-state index contributed by atoms with van der Waals surface area (Å²) in [7, 11) is 3.28. The molecular formula is C14H19NO2. The van der Waals surface area contributed by atoms with E-state index in [2.05, 4.69) is 19.9 Å². The molecule has 0 spiro atoms. The van der Waals surface area contributed by atoms with E-state index in [4.69, 9.17) is 14.7 Å². The Morgan fingerprint density at radius 2 is 1.94 bits per heavy atom. The van der Waals surface area contributed by atoms with Crippen molar-refractivity contribution in [2.24, 2.45) is 11.8 Å². The Labute approximate surface area is 103 Å². The van der Waals surface area contributed by atoms with Crippen LogP contribution in [0, 0.1) is 23.2 Å². The van der Waals surface area contributed by atoms with E-state index in [1.807, 2.05) is 18.2 Å². The molecule has 1 atom stereocenters. The van der Waals surface area contributed by atoms with Crippen LogP contribution in [-0.4, -0.2) is 14.2 Å². The zero-order valence-electron chi connectivity index (χ0n) is 10.9. The van der Waals surface area contributed by atoms with Gasteiger partial charge in [0.2, 0.25) is 0 Å². The van der Waals surface area contributed by atoms with Gasteiger partial charge < -0.3 is 9.47 Å². The van der Waals surface area contributed by atoms with Gasteiger partial charge in [-0.05, 0) is 36.1 Å². The maximum absolute atomic E-state index is 9.13. The number of benzene rings is 1. The van der Waals surface area contributed by atoms with Crippen LogP contribution in [0.2, 0.25) is 0 Å². The van der Waals surface area contributed by atoms with Crippen LogP contribution in [0.3, 0.4) is 0 Å². The number of methoxy groups -OCH3 is 2. The van der Waals surface area contributed by atoms with Gasteiger partial charge in [0, 0.05) is 0 Å². The van der Waals surface area contributed by atoms with Gasteiger partial charge in [-0.1, -0.05) is 13.8 Å². The lowest BCUT2D eigenvalue weighted by Crippen LogP contribution is -2.10. The van der Waals surface area contributed by atoms with Crippen LogP contribution in [0.15, 0.2) is 18.2 Å². The molecule has 0 amide bonds. The van der Waals surface area contributed by atoms with Gasteiger partial charge in [0.15, 0.2) is 0 Å². The van der Waals surface area contributed by atoms with Crippen LogP contribution in [0.1, 0.15) is 19.4 Å². The topological polar surface area (TPSA) is 42.2 Å². The highest BCUT2D eigenvalue weighted by atomic mass is 16.5. The molecule has 0 aliphatic rings. The SMILES string of the molecule is COc1ccc(OC)c(CC(C#N)C(C)C)c1. The maximum atomic E-state index is 9.13. The Hall–Kier alpha value is -1.69. The van der Waals surface area contributed by atoms with Crippen molar-refractivity contribution in [3.05, 3.63) is 23.8 Å². The van der Waals surface area contributed by atoms with Crippen LogP contribution < -0.4 is 9.47 Å². The largest absolute Gasteiger partial charge is 0.497 e. The molecule has 1 unspecified atom stereocenters. The fourth-order valence-corrected chi connectivity index (χ4v) is 1.71. The van der Waals surface area contributed by atoms with E-state index >= 15 is 0 Å². The van der Waals surface area contributed by atoms with Crippen molar-refractivity contribution >= 4 is 0 Å². The molecule has 92 valence electrons. The minimum absolute atomic E-state index is 0.00370. The maximum Gasteiger partial charge on any atom is 0.122 e. The molecule has 3 heteroatoms. The predicted molar refractivity (Wildman–Crippen MR) is 67.2 cm³/mol. The van der Waals surface area contributed by atoms with Gasteiger partial charge in [-0.2, -0.15) is 5.26 Å². The van der Waals surface area contributed by atoms with E-state index in [-0.39, 0.29) is 5.92 Å². The van der Waals surface area contributed by atoms with Gasteiger partial charge in [-0.25, -0.2) is 0 Å². The van der Waals surface area contributed by atoms with E-state index in [1.165, 1.54) is 0 Å². The monoisotopic (exact) mass is 233 g/mol. The first-order valence-corrected chi connectivity index (χ1v) is 5.72. The Morgan fingerprint density at radius 1 is 1.24 bits per heavy atom. The van der Waals surface area contributed by atoms with Crippen molar-refractivity contribution in [1.29, 1.82) is 5.26 Å². The number of hydrogen-bond acceptors (Lipinski definition) is 3. The predicted octanol–water partition coefficient (Wildman–Crippen LogP) is 3.04. The molecule has 3 nitrogen and oxygen atoms in total. The minimum atomic E-state index is -0.00370. The zero-order chi connectivity index (χ0) is 12.8. The van der Waals surface area contributed by atoms with Crippen LogP contribution >= 0.6 is 0 Å². The molecule has 0 saturated carbocycles. The van der Waals surface area contributed by atoms with Crippen LogP contribution in [0.5, 0.6) is 11.5 Å². The van der Waals surface area contributed by atoms with Crippen LogP contribution in [0.4, 0.5) is 0 Å². The molecule has 0 N–H and O–H groups in total. The fraction of sp³-hybridized carbons (Fsp3) is 0.500. The van der Waals surface area contributed by atoms with Gasteiger partial charge >= 0.3 is 0 Å². The van der Waals surface area contributed by atoms with Crippen LogP contribution in [0.25, 0.3) is 0 Å². The highest BCUT2D eigenvalue weighted by Crippen LogP contribution is 2.28. The van der Waals surface area contributed by atoms with Gasteiger partial charge in [0.25, 0.3) is 0 Å². The highest BCUT2D eigenvalue weighted by molar-refractivity contribution is 5.40.